The minimum atomic E-state index is -3.71. The number of hydrazone groups is 1. The first kappa shape index (κ1) is 22.7. The molecule has 4 rings (SSSR count). The molecule has 1 N–H and O–H groups in total. The third kappa shape index (κ3) is 5.88. The standard InChI is InChI=1S/C28H28N2O2S/c1-22-15-19-26(20-16-22)33(31,32)30-29-21-25-12-6-8-14-28(25)27-13-7-5-11-24(27)18-17-23-9-3-2-4-10-23/h2-4,6,8-10,12,14-21,30H,5,7,11,13H2,1H3/b18-17+,29-21+. The summed E-state index contributed by atoms with van der Waals surface area (Å²) in [4.78, 5) is 2.54. The van der Waals surface area contributed by atoms with Crippen LogP contribution < -0.4 is 4.83 Å². The Kier molecular flexibility index (Phi) is 7.20. The maximum atomic E-state index is 12.5. The molecule has 0 amide bonds. The van der Waals surface area contributed by atoms with E-state index in [2.05, 4.69) is 40.3 Å². The van der Waals surface area contributed by atoms with Crippen LogP contribution in [0.2, 0.25) is 0 Å². The molecule has 0 fully saturated rings. The lowest BCUT2D eigenvalue weighted by molar-refractivity contribution is 0.584. The van der Waals surface area contributed by atoms with Crippen molar-refractivity contribution >= 4 is 27.9 Å². The van der Waals surface area contributed by atoms with Gasteiger partial charge in [-0.3, -0.25) is 0 Å². The van der Waals surface area contributed by atoms with Crippen LogP contribution in [0.4, 0.5) is 0 Å². The molecule has 3 aromatic carbocycles. The van der Waals surface area contributed by atoms with Gasteiger partial charge in [-0.15, -0.1) is 0 Å². The van der Waals surface area contributed by atoms with Crippen LogP contribution in [0.15, 0.2) is 101 Å². The Morgan fingerprint density at radius 3 is 2.30 bits per heavy atom. The summed E-state index contributed by atoms with van der Waals surface area (Å²) in [6, 6.07) is 25.0. The summed E-state index contributed by atoms with van der Waals surface area (Å²) < 4.78 is 25.1. The molecule has 168 valence electrons. The Morgan fingerprint density at radius 2 is 1.52 bits per heavy atom. The summed E-state index contributed by atoms with van der Waals surface area (Å²) >= 11 is 0. The molecule has 0 radical (unpaired) electrons. The van der Waals surface area contributed by atoms with Crippen molar-refractivity contribution < 1.29 is 8.42 Å². The lowest BCUT2D eigenvalue weighted by atomic mass is 9.85. The predicted molar refractivity (Wildman–Crippen MR) is 136 cm³/mol. The molecule has 33 heavy (non-hydrogen) atoms. The van der Waals surface area contributed by atoms with Gasteiger partial charge in [-0.1, -0.05) is 84.4 Å². The number of nitrogens with one attached hydrogen (secondary N) is 1. The number of allylic oxidation sites excluding steroid dienone is 3. The lowest BCUT2D eigenvalue weighted by Gasteiger charge is -2.20. The number of aryl methyl sites for hydroxylation is 1. The van der Waals surface area contributed by atoms with Crippen LogP contribution in [0.1, 0.15) is 47.9 Å². The Labute approximate surface area is 196 Å². The second-order valence-corrected chi connectivity index (χ2v) is 9.87. The van der Waals surface area contributed by atoms with E-state index < -0.39 is 10.0 Å². The fraction of sp³-hybridized carbons (Fsp3) is 0.179. The van der Waals surface area contributed by atoms with Crippen molar-refractivity contribution in [3.63, 3.8) is 0 Å². The van der Waals surface area contributed by atoms with Gasteiger partial charge >= 0.3 is 0 Å². The average Bonchev–Trinajstić information content (AvgIpc) is 2.84. The van der Waals surface area contributed by atoms with Gasteiger partial charge in [0.15, 0.2) is 0 Å². The molecule has 1 aliphatic carbocycles. The van der Waals surface area contributed by atoms with Gasteiger partial charge in [0.25, 0.3) is 10.0 Å². The highest BCUT2D eigenvalue weighted by Crippen LogP contribution is 2.34. The fourth-order valence-electron chi connectivity index (χ4n) is 4.00. The van der Waals surface area contributed by atoms with Crippen molar-refractivity contribution in [1.29, 1.82) is 0 Å². The van der Waals surface area contributed by atoms with E-state index in [0.29, 0.717) is 0 Å². The molecule has 0 bridgehead atoms. The Bertz CT molecular complexity index is 1290. The Morgan fingerprint density at radius 1 is 0.818 bits per heavy atom. The summed E-state index contributed by atoms with van der Waals surface area (Å²) in [5, 5.41) is 4.08. The number of hydrogen-bond donors (Lipinski definition) is 1. The molecule has 0 spiro atoms. The number of sulfonamides is 1. The highest BCUT2D eigenvalue weighted by molar-refractivity contribution is 7.89. The van der Waals surface area contributed by atoms with Crippen LogP contribution >= 0.6 is 0 Å². The monoisotopic (exact) mass is 456 g/mol. The molecular formula is C28H28N2O2S. The van der Waals surface area contributed by atoms with Crippen LogP contribution in [0.3, 0.4) is 0 Å². The van der Waals surface area contributed by atoms with Gasteiger partial charge < -0.3 is 0 Å². The van der Waals surface area contributed by atoms with Gasteiger partial charge in [-0.2, -0.15) is 13.5 Å². The summed E-state index contributed by atoms with van der Waals surface area (Å²) in [7, 11) is -3.71. The van der Waals surface area contributed by atoms with Crippen LogP contribution in [0, 0.1) is 6.92 Å². The van der Waals surface area contributed by atoms with Crippen LogP contribution in [-0.2, 0) is 10.0 Å². The van der Waals surface area contributed by atoms with E-state index in [9.17, 15) is 8.42 Å². The first-order chi connectivity index (χ1) is 16.0. The van der Waals surface area contributed by atoms with Crippen LogP contribution in [0.25, 0.3) is 11.6 Å². The SMILES string of the molecule is Cc1ccc(S(=O)(=O)N/N=C/c2ccccc2C2=C(/C=C/c3ccccc3)CCCC2)cc1. The zero-order valence-electron chi connectivity index (χ0n) is 18.7. The van der Waals surface area contributed by atoms with E-state index in [0.717, 1.165) is 36.0 Å². The molecule has 0 atom stereocenters. The van der Waals surface area contributed by atoms with Gasteiger partial charge in [0, 0.05) is 5.56 Å². The predicted octanol–water partition coefficient (Wildman–Crippen LogP) is 6.35. The summed E-state index contributed by atoms with van der Waals surface area (Å²) in [5.41, 5.74) is 6.80. The van der Waals surface area contributed by atoms with Crippen LogP contribution in [0.5, 0.6) is 0 Å². The molecule has 4 nitrogen and oxygen atoms in total. The molecule has 3 aromatic rings. The number of benzene rings is 3. The van der Waals surface area contributed by atoms with E-state index in [1.165, 1.54) is 23.1 Å². The average molecular weight is 457 g/mol. The summed E-state index contributed by atoms with van der Waals surface area (Å²) in [6.07, 6.45) is 10.3. The largest absolute Gasteiger partial charge is 0.276 e. The fourth-order valence-corrected chi connectivity index (χ4v) is 4.79. The molecule has 0 aromatic heterocycles. The van der Waals surface area contributed by atoms with Crippen molar-refractivity contribution in [3.05, 3.63) is 113 Å². The van der Waals surface area contributed by atoms with Gasteiger partial charge in [-0.05, 0) is 67.0 Å². The first-order valence-electron chi connectivity index (χ1n) is 11.2. The molecule has 5 heteroatoms. The zero-order valence-corrected chi connectivity index (χ0v) is 19.6. The van der Waals surface area contributed by atoms with E-state index in [-0.39, 0.29) is 4.90 Å². The van der Waals surface area contributed by atoms with Crippen molar-refractivity contribution in [2.24, 2.45) is 5.10 Å². The minimum absolute atomic E-state index is 0.196. The van der Waals surface area contributed by atoms with E-state index in [4.69, 9.17) is 0 Å². The normalized spacial score (nSPS) is 14.8. The maximum absolute atomic E-state index is 12.5. The second kappa shape index (κ2) is 10.5. The highest BCUT2D eigenvalue weighted by Gasteiger charge is 2.16. The van der Waals surface area contributed by atoms with Crippen molar-refractivity contribution in [2.75, 3.05) is 0 Å². The van der Waals surface area contributed by atoms with E-state index in [1.807, 2.05) is 43.3 Å². The molecule has 0 aliphatic heterocycles. The van der Waals surface area contributed by atoms with Gasteiger partial charge in [0.1, 0.15) is 0 Å². The Balaban J connectivity index is 1.60. The number of rotatable bonds is 7. The first-order valence-corrected chi connectivity index (χ1v) is 12.7. The third-order valence-corrected chi connectivity index (χ3v) is 7.02. The topological polar surface area (TPSA) is 58.5 Å². The Hall–Kier alpha value is -3.44. The van der Waals surface area contributed by atoms with Crippen LogP contribution in [-0.4, -0.2) is 14.6 Å². The van der Waals surface area contributed by atoms with Gasteiger partial charge in [0.2, 0.25) is 0 Å². The zero-order chi connectivity index (χ0) is 23.1. The second-order valence-electron chi connectivity index (χ2n) is 8.21. The quantitative estimate of drug-likeness (QED) is 0.333. The van der Waals surface area contributed by atoms with Gasteiger partial charge in [0.05, 0.1) is 11.1 Å². The summed E-state index contributed by atoms with van der Waals surface area (Å²) in [5.74, 6) is 0. The number of nitrogens with zero attached hydrogens (tertiary/aromatic N) is 1. The van der Waals surface area contributed by atoms with Gasteiger partial charge in [-0.25, -0.2) is 4.83 Å². The lowest BCUT2D eigenvalue weighted by Crippen LogP contribution is -2.18. The minimum Gasteiger partial charge on any atom is -0.200 e. The molecular weight excluding hydrogens is 428 g/mol. The highest BCUT2D eigenvalue weighted by atomic mass is 32.2. The third-order valence-electron chi connectivity index (χ3n) is 5.78. The van der Waals surface area contributed by atoms with E-state index >= 15 is 0 Å². The molecule has 1 aliphatic rings. The number of hydrogen-bond acceptors (Lipinski definition) is 3. The molecule has 0 unspecified atom stereocenters. The maximum Gasteiger partial charge on any atom is 0.276 e. The van der Waals surface area contributed by atoms with Crippen molar-refractivity contribution in [2.45, 2.75) is 37.5 Å². The molecule has 0 saturated carbocycles. The summed E-state index contributed by atoms with van der Waals surface area (Å²) in [6.45, 7) is 1.92. The smallest absolute Gasteiger partial charge is 0.200 e. The van der Waals surface area contributed by atoms with Crippen molar-refractivity contribution in [3.8, 4) is 0 Å². The van der Waals surface area contributed by atoms with E-state index in [1.54, 1.807) is 30.5 Å². The van der Waals surface area contributed by atoms with Crippen molar-refractivity contribution in [1.82, 2.24) is 4.83 Å². The molecule has 0 heterocycles. The molecule has 0 saturated heterocycles.